The Morgan fingerprint density at radius 1 is 1.55 bits per heavy atom. The number of aliphatic hydroxyl groups is 1. The second kappa shape index (κ2) is 4.31. The lowest BCUT2D eigenvalue weighted by Gasteiger charge is -2.19. The van der Waals surface area contributed by atoms with Gasteiger partial charge >= 0.3 is 5.97 Å². The number of methoxy groups -OCH3 is 1. The summed E-state index contributed by atoms with van der Waals surface area (Å²) in [6.07, 6.45) is -0.593. The van der Waals surface area contributed by atoms with Gasteiger partial charge in [0.15, 0.2) is 0 Å². The van der Waals surface area contributed by atoms with Gasteiger partial charge in [0.05, 0.1) is 13.2 Å². The second-order valence-electron chi connectivity index (χ2n) is 2.65. The fourth-order valence-electron chi connectivity index (χ4n) is 0.651. The zero-order chi connectivity index (χ0) is 9.02. The van der Waals surface area contributed by atoms with Crippen molar-refractivity contribution in [1.29, 1.82) is 0 Å². The minimum Gasteiger partial charge on any atom is -0.468 e. The number of carbonyl (C=O) groups is 1. The molecule has 0 heterocycles. The summed E-state index contributed by atoms with van der Waals surface area (Å²) < 4.78 is 4.41. The highest BCUT2D eigenvalue weighted by molar-refractivity contribution is 5.75. The molecule has 4 heteroatoms. The van der Waals surface area contributed by atoms with Crippen molar-refractivity contribution in [1.82, 2.24) is 0 Å². The zero-order valence-electron chi connectivity index (χ0n) is 7.07. The van der Waals surface area contributed by atoms with Gasteiger partial charge in [-0.15, -0.1) is 0 Å². The highest BCUT2D eigenvalue weighted by atomic mass is 16.5. The number of aliphatic hydroxyl groups excluding tert-OH is 1. The monoisotopic (exact) mass is 161 g/mol. The Balaban J connectivity index is 4.01. The Labute approximate surface area is 66.3 Å². The molecule has 3 atom stereocenters. The van der Waals surface area contributed by atoms with E-state index in [2.05, 4.69) is 4.74 Å². The second-order valence-corrected chi connectivity index (χ2v) is 2.65. The van der Waals surface area contributed by atoms with E-state index < -0.39 is 18.1 Å². The summed E-state index contributed by atoms with van der Waals surface area (Å²) in [5.41, 5.74) is 5.44. The van der Waals surface area contributed by atoms with Crippen molar-refractivity contribution in [2.24, 2.45) is 11.7 Å². The van der Waals surface area contributed by atoms with Crippen molar-refractivity contribution in [2.75, 3.05) is 7.11 Å². The smallest absolute Gasteiger partial charge is 0.323 e. The molecule has 0 aliphatic heterocycles. The van der Waals surface area contributed by atoms with Crippen LogP contribution in [0.5, 0.6) is 0 Å². The number of rotatable bonds is 3. The first-order valence-electron chi connectivity index (χ1n) is 3.52. The molecule has 0 fully saturated rings. The molecule has 0 aliphatic carbocycles. The standard InChI is InChI=1S/C7H15NO3/c1-4(5(2)9)6(8)7(10)11-3/h4-6,9H,8H2,1-3H3/t4?,5?,6-/m1/s1. The van der Waals surface area contributed by atoms with Gasteiger partial charge in [0.25, 0.3) is 0 Å². The van der Waals surface area contributed by atoms with E-state index >= 15 is 0 Å². The maximum Gasteiger partial charge on any atom is 0.323 e. The van der Waals surface area contributed by atoms with Gasteiger partial charge in [0, 0.05) is 5.92 Å². The predicted molar refractivity (Wildman–Crippen MR) is 40.8 cm³/mol. The molecular weight excluding hydrogens is 146 g/mol. The minimum absolute atomic E-state index is 0.276. The van der Waals surface area contributed by atoms with Crippen LogP contribution in [0.4, 0.5) is 0 Å². The third kappa shape index (κ3) is 2.86. The van der Waals surface area contributed by atoms with Crippen molar-refractivity contribution in [3.63, 3.8) is 0 Å². The Morgan fingerprint density at radius 2 is 2.00 bits per heavy atom. The van der Waals surface area contributed by atoms with E-state index in [1.54, 1.807) is 13.8 Å². The van der Waals surface area contributed by atoms with Gasteiger partial charge < -0.3 is 15.6 Å². The van der Waals surface area contributed by atoms with E-state index in [0.29, 0.717) is 0 Å². The molecule has 0 aromatic heterocycles. The number of esters is 1. The maximum absolute atomic E-state index is 10.8. The lowest BCUT2D eigenvalue weighted by atomic mass is 9.98. The van der Waals surface area contributed by atoms with Crippen molar-refractivity contribution in [3.8, 4) is 0 Å². The fourth-order valence-corrected chi connectivity index (χ4v) is 0.651. The summed E-state index contributed by atoms with van der Waals surface area (Å²) in [5, 5.41) is 9.05. The average Bonchev–Trinajstić information content (AvgIpc) is 2.00. The van der Waals surface area contributed by atoms with Crippen molar-refractivity contribution in [3.05, 3.63) is 0 Å². The number of nitrogens with two attached hydrogens (primary N) is 1. The first kappa shape index (κ1) is 10.4. The van der Waals surface area contributed by atoms with Gasteiger partial charge in [-0.2, -0.15) is 0 Å². The SMILES string of the molecule is COC(=O)[C@H](N)C(C)C(C)O. The Bertz CT molecular complexity index is 136. The first-order chi connectivity index (χ1) is 5.00. The molecule has 0 rings (SSSR count). The molecule has 3 N–H and O–H groups in total. The first-order valence-corrected chi connectivity index (χ1v) is 3.52. The summed E-state index contributed by atoms with van der Waals surface area (Å²) in [6, 6.07) is -0.736. The summed E-state index contributed by atoms with van der Waals surface area (Å²) in [4.78, 5) is 10.8. The van der Waals surface area contributed by atoms with Crippen molar-refractivity contribution >= 4 is 5.97 Å². The minimum atomic E-state index is -0.736. The van der Waals surface area contributed by atoms with Crippen LogP contribution in [0.25, 0.3) is 0 Å². The Morgan fingerprint density at radius 3 is 2.27 bits per heavy atom. The molecule has 0 radical (unpaired) electrons. The van der Waals surface area contributed by atoms with Crippen LogP contribution in [0.2, 0.25) is 0 Å². The number of hydrogen-bond donors (Lipinski definition) is 2. The highest BCUT2D eigenvalue weighted by Crippen LogP contribution is 2.07. The van der Waals surface area contributed by atoms with E-state index in [1.807, 2.05) is 0 Å². The fraction of sp³-hybridized carbons (Fsp3) is 0.857. The Kier molecular flexibility index (Phi) is 4.07. The molecule has 4 nitrogen and oxygen atoms in total. The highest BCUT2D eigenvalue weighted by Gasteiger charge is 2.24. The van der Waals surface area contributed by atoms with Crippen LogP contribution in [0.15, 0.2) is 0 Å². The van der Waals surface area contributed by atoms with Crippen LogP contribution in [-0.2, 0) is 9.53 Å². The third-order valence-electron chi connectivity index (χ3n) is 1.80. The molecule has 0 spiro atoms. The third-order valence-corrected chi connectivity index (χ3v) is 1.80. The van der Waals surface area contributed by atoms with Crippen LogP contribution < -0.4 is 5.73 Å². The lowest BCUT2D eigenvalue weighted by molar-refractivity contribution is -0.144. The maximum atomic E-state index is 10.8. The number of ether oxygens (including phenoxy) is 1. The lowest BCUT2D eigenvalue weighted by Crippen LogP contribution is -2.42. The van der Waals surface area contributed by atoms with Crippen LogP contribution in [0, 0.1) is 5.92 Å². The largest absolute Gasteiger partial charge is 0.468 e. The summed E-state index contributed by atoms with van der Waals surface area (Å²) in [6.45, 7) is 3.29. The number of carbonyl (C=O) groups excluding carboxylic acids is 1. The summed E-state index contributed by atoms with van der Waals surface area (Å²) in [7, 11) is 1.27. The van der Waals surface area contributed by atoms with Crippen LogP contribution >= 0.6 is 0 Å². The van der Waals surface area contributed by atoms with Crippen molar-refractivity contribution < 1.29 is 14.6 Å². The van der Waals surface area contributed by atoms with E-state index in [9.17, 15) is 4.79 Å². The number of hydrogen-bond acceptors (Lipinski definition) is 4. The van der Waals surface area contributed by atoms with Gasteiger partial charge in [0.2, 0.25) is 0 Å². The molecule has 66 valence electrons. The molecule has 2 unspecified atom stereocenters. The van der Waals surface area contributed by atoms with E-state index in [4.69, 9.17) is 10.8 Å². The summed E-state index contributed by atoms with van der Waals surface area (Å²) in [5.74, 6) is -0.763. The van der Waals surface area contributed by atoms with Gasteiger partial charge in [-0.25, -0.2) is 0 Å². The molecule has 0 saturated carbocycles. The molecule has 0 amide bonds. The predicted octanol–water partition coefficient (Wildman–Crippen LogP) is -0.496. The molecular formula is C7H15NO3. The molecule has 0 aliphatic rings. The van der Waals surface area contributed by atoms with Gasteiger partial charge in [-0.1, -0.05) is 6.92 Å². The zero-order valence-corrected chi connectivity index (χ0v) is 7.07. The summed E-state index contributed by atoms with van der Waals surface area (Å²) >= 11 is 0. The van der Waals surface area contributed by atoms with Crippen LogP contribution in [0.1, 0.15) is 13.8 Å². The van der Waals surface area contributed by atoms with Gasteiger partial charge in [-0.05, 0) is 6.92 Å². The molecule has 0 saturated heterocycles. The van der Waals surface area contributed by atoms with Gasteiger partial charge in [0.1, 0.15) is 6.04 Å². The van der Waals surface area contributed by atoms with Crippen LogP contribution in [0.3, 0.4) is 0 Å². The molecule has 0 aromatic carbocycles. The molecule has 0 aromatic rings. The van der Waals surface area contributed by atoms with Crippen LogP contribution in [-0.4, -0.2) is 30.3 Å². The van der Waals surface area contributed by atoms with E-state index in [0.717, 1.165) is 0 Å². The van der Waals surface area contributed by atoms with E-state index in [1.165, 1.54) is 7.11 Å². The van der Waals surface area contributed by atoms with E-state index in [-0.39, 0.29) is 5.92 Å². The quantitative estimate of drug-likeness (QED) is 0.547. The average molecular weight is 161 g/mol. The topological polar surface area (TPSA) is 72.5 Å². The molecule has 0 bridgehead atoms. The normalized spacial score (nSPS) is 18.6. The molecule has 11 heavy (non-hydrogen) atoms. The van der Waals surface area contributed by atoms with Gasteiger partial charge in [-0.3, -0.25) is 4.79 Å². The Hall–Kier alpha value is -0.610. The van der Waals surface area contributed by atoms with Crippen molar-refractivity contribution in [2.45, 2.75) is 26.0 Å².